The van der Waals surface area contributed by atoms with Gasteiger partial charge in [-0.05, 0) is 64.2 Å². The first-order valence-corrected chi connectivity index (χ1v) is 11.0. The van der Waals surface area contributed by atoms with Gasteiger partial charge < -0.3 is 9.47 Å². The molecule has 0 N–H and O–H groups in total. The van der Waals surface area contributed by atoms with Gasteiger partial charge in [-0.2, -0.15) is 0 Å². The number of ether oxygens (including phenoxy) is 2. The predicted octanol–water partition coefficient (Wildman–Crippen LogP) is 5.84. The molecule has 2 bridgehead atoms. The minimum atomic E-state index is -0.560. The highest BCUT2D eigenvalue weighted by atomic mass is 16.6. The molecule has 0 radical (unpaired) electrons. The van der Waals surface area contributed by atoms with Gasteiger partial charge in [0.1, 0.15) is 11.7 Å². The first-order valence-electron chi connectivity index (χ1n) is 11.0. The predicted molar refractivity (Wildman–Crippen MR) is 109 cm³/mol. The lowest BCUT2D eigenvalue weighted by atomic mass is 9.61. The van der Waals surface area contributed by atoms with Crippen molar-refractivity contribution in [3.05, 3.63) is 23.8 Å². The van der Waals surface area contributed by atoms with Crippen LogP contribution in [0.5, 0.6) is 0 Å². The maximum absolute atomic E-state index is 12.5. The second kappa shape index (κ2) is 8.11. The van der Waals surface area contributed by atoms with Gasteiger partial charge in [-0.25, -0.2) is 0 Å². The first kappa shape index (κ1) is 20.6. The SMILES string of the molecule is C=C1CCC(C(C)C)C2C1C1CC(C)=CCCC(C)(OC(=O)CCC)C2O1. The first-order chi connectivity index (χ1) is 12.8. The van der Waals surface area contributed by atoms with Gasteiger partial charge in [0, 0.05) is 18.3 Å². The topological polar surface area (TPSA) is 35.5 Å². The molecule has 3 nitrogen and oxygen atoms in total. The number of carbonyl (C=O) groups excluding carboxylic acids is 1. The van der Waals surface area contributed by atoms with Crippen LogP contribution >= 0.6 is 0 Å². The Balaban J connectivity index is 2.00. The van der Waals surface area contributed by atoms with Gasteiger partial charge >= 0.3 is 5.97 Å². The number of allylic oxidation sites excluding steroid dienone is 1. The summed E-state index contributed by atoms with van der Waals surface area (Å²) in [4.78, 5) is 12.5. The van der Waals surface area contributed by atoms with Crippen LogP contribution in [-0.2, 0) is 14.3 Å². The van der Waals surface area contributed by atoms with Gasteiger partial charge in [0.05, 0.1) is 6.10 Å². The largest absolute Gasteiger partial charge is 0.457 e. The zero-order chi connectivity index (χ0) is 19.8. The summed E-state index contributed by atoms with van der Waals surface area (Å²) >= 11 is 0. The molecule has 152 valence electrons. The summed E-state index contributed by atoms with van der Waals surface area (Å²) in [6, 6.07) is 0. The molecule has 1 saturated heterocycles. The van der Waals surface area contributed by atoms with E-state index in [1.807, 2.05) is 6.92 Å². The molecule has 2 heterocycles. The van der Waals surface area contributed by atoms with Crippen molar-refractivity contribution in [2.24, 2.45) is 23.7 Å². The fraction of sp³-hybridized carbons (Fsp3) is 0.792. The Morgan fingerprint density at radius 3 is 2.85 bits per heavy atom. The van der Waals surface area contributed by atoms with E-state index in [1.54, 1.807) is 0 Å². The molecule has 1 aliphatic carbocycles. The van der Waals surface area contributed by atoms with Crippen LogP contribution in [0.1, 0.15) is 79.6 Å². The third kappa shape index (κ3) is 4.04. The number of hydrogen-bond donors (Lipinski definition) is 0. The minimum Gasteiger partial charge on any atom is -0.457 e. The fourth-order valence-electron chi connectivity index (χ4n) is 5.81. The van der Waals surface area contributed by atoms with Crippen molar-refractivity contribution in [3.63, 3.8) is 0 Å². The standard InChI is InChI=1S/C24H38O3/c1-7-9-20(25)27-24(6)13-8-10-16(4)14-19-21-17(5)11-12-18(15(2)3)22(21)23(24)26-19/h10,15,18-19,21-23H,5,7-9,11-14H2,1-4,6H3. The monoisotopic (exact) mass is 374 g/mol. The van der Waals surface area contributed by atoms with Gasteiger partial charge in [-0.3, -0.25) is 4.79 Å². The smallest absolute Gasteiger partial charge is 0.306 e. The van der Waals surface area contributed by atoms with E-state index in [4.69, 9.17) is 9.47 Å². The zero-order valence-corrected chi connectivity index (χ0v) is 17.9. The van der Waals surface area contributed by atoms with Crippen LogP contribution in [0.3, 0.4) is 0 Å². The lowest BCUT2D eigenvalue weighted by Gasteiger charge is -2.45. The van der Waals surface area contributed by atoms with E-state index in [0.717, 1.165) is 32.1 Å². The molecule has 2 fully saturated rings. The number of rotatable bonds is 4. The summed E-state index contributed by atoms with van der Waals surface area (Å²) in [6.07, 6.45) is 8.79. The Kier molecular flexibility index (Phi) is 6.20. The van der Waals surface area contributed by atoms with E-state index in [1.165, 1.54) is 17.6 Å². The Hall–Kier alpha value is -1.09. The molecule has 0 aromatic rings. The van der Waals surface area contributed by atoms with Gasteiger partial charge in [0.25, 0.3) is 0 Å². The summed E-state index contributed by atoms with van der Waals surface area (Å²) in [7, 11) is 0. The molecule has 6 unspecified atom stereocenters. The van der Waals surface area contributed by atoms with Crippen molar-refractivity contribution in [1.82, 2.24) is 0 Å². The van der Waals surface area contributed by atoms with Crippen LogP contribution in [0.25, 0.3) is 0 Å². The maximum atomic E-state index is 12.5. The van der Waals surface area contributed by atoms with Crippen LogP contribution < -0.4 is 0 Å². The van der Waals surface area contributed by atoms with E-state index >= 15 is 0 Å². The molecular weight excluding hydrogens is 336 g/mol. The molecule has 3 aliphatic rings. The van der Waals surface area contributed by atoms with Gasteiger partial charge in [-0.15, -0.1) is 0 Å². The van der Waals surface area contributed by atoms with Crippen LogP contribution in [0.4, 0.5) is 0 Å². The van der Waals surface area contributed by atoms with Gasteiger partial charge in [0.2, 0.25) is 0 Å². The third-order valence-electron chi connectivity index (χ3n) is 7.17. The Bertz CT molecular complexity index is 605. The molecular formula is C24H38O3. The molecule has 0 aromatic carbocycles. The molecule has 27 heavy (non-hydrogen) atoms. The van der Waals surface area contributed by atoms with E-state index in [0.29, 0.717) is 30.1 Å². The summed E-state index contributed by atoms with van der Waals surface area (Å²) < 4.78 is 12.9. The molecule has 0 amide bonds. The number of carbonyl (C=O) groups is 1. The summed E-state index contributed by atoms with van der Waals surface area (Å²) in [5, 5.41) is 0. The highest BCUT2D eigenvalue weighted by molar-refractivity contribution is 5.69. The van der Waals surface area contributed by atoms with Crippen LogP contribution in [0.15, 0.2) is 23.8 Å². The third-order valence-corrected chi connectivity index (χ3v) is 7.17. The quantitative estimate of drug-likeness (QED) is 0.458. The lowest BCUT2D eigenvalue weighted by Crippen LogP contribution is -2.50. The zero-order valence-electron chi connectivity index (χ0n) is 17.9. The summed E-state index contributed by atoms with van der Waals surface area (Å²) in [5.41, 5.74) is 2.18. The summed E-state index contributed by atoms with van der Waals surface area (Å²) in [5.74, 6) is 1.91. The van der Waals surface area contributed by atoms with Gasteiger partial charge in [-0.1, -0.05) is 44.6 Å². The summed E-state index contributed by atoms with van der Waals surface area (Å²) in [6.45, 7) is 15.5. The van der Waals surface area contributed by atoms with E-state index in [-0.39, 0.29) is 18.2 Å². The Morgan fingerprint density at radius 1 is 1.44 bits per heavy atom. The Morgan fingerprint density at radius 2 is 2.19 bits per heavy atom. The second-order valence-electron chi connectivity index (χ2n) is 9.63. The second-order valence-corrected chi connectivity index (χ2v) is 9.63. The normalized spacial score (nSPS) is 39.3. The highest BCUT2D eigenvalue weighted by Gasteiger charge is 2.58. The van der Waals surface area contributed by atoms with E-state index < -0.39 is 5.60 Å². The Labute approximate surface area is 165 Å². The molecule has 0 aromatic heterocycles. The molecule has 3 heteroatoms. The average molecular weight is 375 g/mol. The number of esters is 1. The fourth-order valence-corrected chi connectivity index (χ4v) is 5.81. The molecule has 1 saturated carbocycles. The molecule has 0 spiro atoms. The molecule has 2 aliphatic heterocycles. The van der Waals surface area contributed by atoms with Crippen LogP contribution in [0.2, 0.25) is 0 Å². The average Bonchev–Trinajstić information content (AvgIpc) is 2.97. The van der Waals surface area contributed by atoms with Crippen molar-refractivity contribution >= 4 is 5.97 Å². The van der Waals surface area contributed by atoms with Crippen LogP contribution in [0, 0.1) is 23.7 Å². The number of fused-ring (bicyclic) bond motifs is 5. The highest BCUT2D eigenvalue weighted by Crippen LogP contribution is 2.55. The van der Waals surface area contributed by atoms with Crippen molar-refractivity contribution < 1.29 is 14.3 Å². The number of hydrogen-bond acceptors (Lipinski definition) is 3. The van der Waals surface area contributed by atoms with Crippen LogP contribution in [-0.4, -0.2) is 23.8 Å². The van der Waals surface area contributed by atoms with Crippen molar-refractivity contribution in [1.29, 1.82) is 0 Å². The van der Waals surface area contributed by atoms with E-state index in [2.05, 4.69) is 40.3 Å². The van der Waals surface area contributed by atoms with Crippen molar-refractivity contribution in [3.8, 4) is 0 Å². The minimum absolute atomic E-state index is 0.0305. The van der Waals surface area contributed by atoms with Crippen molar-refractivity contribution in [2.75, 3.05) is 0 Å². The van der Waals surface area contributed by atoms with Crippen molar-refractivity contribution in [2.45, 2.75) is 97.4 Å². The molecule has 3 rings (SSSR count). The molecule has 6 atom stereocenters. The van der Waals surface area contributed by atoms with Gasteiger partial charge in [0.15, 0.2) is 0 Å². The lowest BCUT2D eigenvalue weighted by molar-refractivity contribution is -0.181. The maximum Gasteiger partial charge on any atom is 0.306 e. The van der Waals surface area contributed by atoms with E-state index in [9.17, 15) is 4.79 Å².